The Balaban J connectivity index is 0.000000166. The minimum Gasteiger partial charge on any atom is -1.00 e. The zero-order valence-electron chi connectivity index (χ0n) is 76.8. The lowest BCUT2D eigenvalue weighted by Gasteiger charge is -2.32. The van der Waals surface area contributed by atoms with Crippen LogP contribution >= 0.6 is 91.8 Å². The zero-order valence-corrected chi connectivity index (χ0v) is 85.2. The van der Waals surface area contributed by atoms with Gasteiger partial charge in [0.15, 0.2) is 20.5 Å². The average Bonchev–Trinajstić information content (AvgIpc) is 1.60. The van der Waals surface area contributed by atoms with E-state index in [2.05, 4.69) is 99.4 Å². The fourth-order valence-corrected chi connectivity index (χ4v) is 16.6. The smallest absolute Gasteiger partial charge is 0.514 e. The Labute approximate surface area is 853 Å². The van der Waals surface area contributed by atoms with Gasteiger partial charge in [-0.1, -0.05) is 140 Å². The second-order valence-corrected chi connectivity index (χ2v) is 40.1. The second kappa shape index (κ2) is 46.5. The second-order valence-electron chi connectivity index (χ2n) is 34.3. The van der Waals surface area contributed by atoms with Gasteiger partial charge in [-0.15, -0.1) is 0 Å². The first-order valence-corrected chi connectivity index (χ1v) is 47.2. The van der Waals surface area contributed by atoms with E-state index in [4.69, 9.17) is 72.0 Å². The predicted molar refractivity (Wildman–Crippen MR) is 538 cm³/mol. The number of alkyl halides is 4. The summed E-state index contributed by atoms with van der Waals surface area (Å²) in [5, 5.41) is 87.5. The predicted octanol–water partition coefficient (Wildman–Crippen LogP) is 14.9. The molecule has 0 saturated carbocycles. The van der Waals surface area contributed by atoms with E-state index in [9.17, 15) is 57.2 Å². The van der Waals surface area contributed by atoms with Crippen LogP contribution in [0.15, 0.2) is 195 Å². The molecule has 4 amide bonds. The maximum atomic E-state index is 14.3. The third kappa shape index (κ3) is 28.4. The van der Waals surface area contributed by atoms with Crippen molar-refractivity contribution in [2.45, 2.75) is 141 Å². The van der Waals surface area contributed by atoms with Crippen molar-refractivity contribution < 1.29 is 90.5 Å². The first-order valence-electron chi connectivity index (χ1n) is 42.4. The molecule has 4 atom stereocenters. The Morgan fingerprint density at radius 2 is 0.764 bits per heavy atom. The van der Waals surface area contributed by atoms with Crippen molar-refractivity contribution in [3.05, 3.63) is 249 Å². The number of para-hydroxylation sites is 4. The molecule has 13 heterocycles. The molecular weight excluding hydrogens is 2080 g/mol. The van der Waals surface area contributed by atoms with Gasteiger partial charge < -0.3 is 96.7 Å². The van der Waals surface area contributed by atoms with Crippen LogP contribution in [-0.4, -0.2) is 195 Å². The molecule has 12 aromatic heterocycles. The van der Waals surface area contributed by atoms with E-state index >= 15 is 0 Å². The summed E-state index contributed by atoms with van der Waals surface area (Å²) in [7, 11) is -0.456. The summed E-state index contributed by atoms with van der Waals surface area (Å²) in [5.74, 6) is -2.19. The number of nitrogens with zero attached hydrogens (tertiary/aromatic N) is 14. The number of aromatic nitrogens is 12. The summed E-state index contributed by atoms with van der Waals surface area (Å²) in [6.45, 7) is 17.4. The summed E-state index contributed by atoms with van der Waals surface area (Å²) in [4.78, 5) is 83.3. The Hall–Kier alpha value is -12.1. The molecule has 46 heteroatoms. The molecule has 0 spiro atoms. The van der Waals surface area contributed by atoms with Gasteiger partial charge in [-0.3, -0.25) is 24.2 Å². The maximum Gasteiger partial charge on any atom is 0.514 e. The lowest BCUT2D eigenvalue weighted by molar-refractivity contribution is -0.00209. The van der Waals surface area contributed by atoms with E-state index in [1.165, 1.54) is 150 Å². The van der Waals surface area contributed by atoms with E-state index in [1.54, 1.807) is 33.4 Å². The van der Waals surface area contributed by atoms with Gasteiger partial charge in [-0.05, 0) is 192 Å². The first-order chi connectivity index (χ1) is 65.6. The Morgan fingerprint density at radius 1 is 0.443 bits per heavy atom. The number of fused-ring (bicyclic) bond motifs is 6. The van der Waals surface area contributed by atoms with Crippen LogP contribution < -0.4 is 72.5 Å². The van der Waals surface area contributed by atoms with Crippen molar-refractivity contribution in [3.63, 3.8) is 0 Å². The van der Waals surface area contributed by atoms with Gasteiger partial charge in [0.2, 0.25) is 0 Å². The average molecular weight is 2170 g/mol. The van der Waals surface area contributed by atoms with Crippen LogP contribution in [0.4, 0.5) is 55.2 Å². The fourth-order valence-electron chi connectivity index (χ4n) is 12.5. The number of carbonyl (C=O) groups excluding carboxylic acids is 4. The van der Waals surface area contributed by atoms with Gasteiger partial charge in [0.25, 0.3) is 23.6 Å². The number of aliphatic hydroxyl groups is 4. The number of pyridine rings is 4. The highest BCUT2D eigenvalue weighted by molar-refractivity contribution is 7.23. The highest BCUT2D eigenvalue weighted by Gasteiger charge is 2.53. The van der Waals surface area contributed by atoms with Crippen LogP contribution in [0.5, 0.6) is 0 Å². The molecule has 1 saturated heterocycles. The molecule has 140 heavy (non-hydrogen) atoms. The molecular formula is C94H93BCl4F4IN22O10S4-. The van der Waals surface area contributed by atoms with E-state index in [-0.39, 0.29) is 104 Å². The molecule has 13 N–H and O–H groups in total. The number of rotatable bonds is 24. The van der Waals surface area contributed by atoms with E-state index in [1.807, 2.05) is 149 Å². The standard InChI is InChI=1S/C26H22FN7O2S.2C18H18ClFN4O2S.C14H16BN3O2.C11H13Cl2FN2O2.C7H6N2S.HI/c1-26(2,36)23(27)14-30-24(35)17-13-29-20(21-8-7-16-9-15(11-28)12-31-34(16)21)10-19(17)33-25-32-18-5-3-4-6-22(18)37-25;2*1-18(2,26)14(20)9-22-16(25)10-8-21-15(19)7-12(10)24-17-23-11-5-3-4-6-13(11)27-17;1-13(2)14(3,4)20-15(19-13)12-6-5-11-7-10(8-16)9-17-18(11)12;1-11(2,18)8(14)5-16-10(17)6-4-15-9(13)3-7(6)12;8-7-9-5-3-1-2-4-6(5)10-7;/h3-10,12-13,23,36H,14H2,1-2H3,(H,30,35)(H,29,32,33);2*3-8,14,26H,9H2,1-2H3,(H,22,25)(H,21,23,24);5-7,9H,1-4H3;3-4,8,18H,5H2,1-2H3,(H,16,17);1-4H,(H2,8,9);1H/p-1/t23-;2*14-;;8-;;/m111.1../s1. The zero-order chi connectivity index (χ0) is 101. The summed E-state index contributed by atoms with van der Waals surface area (Å²) in [5.41, 5.74) is 8.49. The number of amides is 4. The molecule has 4 aromatic carbocycles. The molecule has 0 bridgehead atoms. The summed E-state index contributed by atoms with van der Waals surface area (Å²) < 4.78 is 75.0. The lowest BCUT2D eigenvalue weighted by atomic mass is 9.85. The topological polar surface area (TPSA) is 463 Å². The number of nitrogens with one attached hydrogen (secondary N) is 7. The number of nitriles is 2. The highest BCUT2D eigenvalue weighted by Crippen LogP contribution is 2.39. The number of nitrogens with two attached hydrogens (primary N) is 1. The van der Waals surface area contributed by atoms with Gasteiger partial charge in [0, 0.05) is 24.8 Å². The number of thiazole rings is 4. The van der Waals surface area contributed by atoms with Crippen molar-refractivity contribution in [1.82, 2.24) is 80.4 Å². The van der Waals surface area contributed by atoms with Crippen LogP contribution in [-0.2, 0) is 9.31 Å². The van der Waals surface area contributed by atoms with Crippen LogP contribution in [0.3, 0.4) is 0 Å². The first kappa shape index (κ1) is 108. The SMILES string of the molecule is CC(C)(O)[C@H](F)CNC(=O)c1cnc(-c2ccc3cc(C#N)cnn23)cc1Nc1nc2ccccc2s1.CC(C)(O)[C@H](F)CNC(=O)c1cnc(Cl)cc1Cl.CC(C)(O)[C@H](F)CNC(=O)c1cnc(Cl)cc1Nc1nc2ccccc2s1.CC(C)(O)[C@H](F)CNC(=O)c1cnc(Cl)cc1Nc1nc2ccccc2s1.CC1(C)OB(c2ccc3cc(C#N)cnn23)OC1(C)C.Nc1nc2ccccc2s1.[I-]. The summed E-state index contributed by atoms with van der Waals surface area (Å²) in [6, 6.07) is 52.1. The number of halogens is 9. The van der Waals surface area contributed by atoms with Gasteiger partial charge in [0.1, 0.15) is 52.3 Å². The Kier molecular flexibility index (Phi) is 36.0. The van der Waals surface area contributed by atoms with Crippen molar-refractivity contribution in [3.8, 4) is 23.5 Å². The molecule has 0 aliphatic carbocycles. The molecule has 1 aliphatic rings. The fraction of sp³-hybridized carbons (Fsp3) is 0.277. The number of anilines is 7. The number of hydrogen-bond donors (Lipinski definition) is 12. The molecule has 0 radical (unpaired) electrons. The summed E-state index contributed by atoms with van der Waals surface area (Å²) in [6.07, 6.45) is 1.79. The van der Waals surface area contributed by atoms with Gasteiger partial charge in [0.05, 0.1) is 197 Å². The lowest BCUT2D eigenvalue weighted by Crippen LogP contribution is -3.00. The van der Waals surface area contributed by atoms with Crippen molar-refractivity contribution in [2.24, 2.45) is 0 Å². The number of nitrogen functional groups attached to an aromatic ring is 1. The Bertz CT molecular complexity index is 6920. The Morgan fingerprint density at radius 3 is 1.13 bits per heavy atom. The number of carbonyl (C=O) groups is 4. The molecule has 17 rings (SSSR count). The van der Waals surface area contributed by atoms with E-state index in [0.29, 0.717) is 60.1 Å². The third-order valence-corrected chi connectivity index (χ3v) is 25.9. The quantitative estimate of drug-likeness (QED) is 0.0116. The number of hydrogen-bond acceptors (Lipinski definition) is 30. The molecule has 16 aromatic rings. The van der Waals surface area contributed by atoms with Crippen LogP contribution in [0.1, 0.15) is 136 Å². The summed E-state index contributed by atoms with van der Waals surface area (Å²) >= 11 is 29.1. The minimum atomic E-state index is -1.65. The largest absolute Gasteiger partial charge is 1.00 e. The van der Waals surface area contributed by atoms with Crippen LogP contribution in [0, 0.1) is 22.7 Å². The number of benzene rings is 4. The van der Waals surface area contributed by atoms with Crippen molar-refractivity contribution in [1.29, 1.82) is 10.5 Å². The van der Waals surface area contributed by atoms with E-state index in [0.717, 1.165) is 57.5 Å². The monoisotopic (exact) mass is 2170 g/mol. The third-order valence-electron chi connectivity index (χ3n) is 21.2. The molecule has 1 aliphatic heterocycles. The van der Waals surface area contributed by atoms with Gasteiger partial charge in [-0.25, -0.2) is 61.5 Å². The molecule has 0 unspecified atom stereocenters. The van der Waals surface area contributed by atoms with Crippen LogP contribution in [0.25, 0.3) is 63.3 Å². The normalized spacial score (nSPS) is 13.5. The highest BCUT2D eigenvalue weighted by atomic mass is 127. The molecule has 1 fully saturated rings. The van der Waals surface area contributed by atoms with Crippen molar-refractivity contribution >= 4 is 218 Å². The molecule has 32 nitrogen and oxygen atoms in total. The van der Waals surface area contributed by atoms with Crippen molar-refractivity contribution in [2.75, 3.05) is 47.9 Å². The minimum absolute atomic E-state index is 0. The van der Waals surface area contributed by atoms with E-state index < -0.39 is 77.8 Å². The van der Waals surface area contributed by atoms with Gasteiger partial charge >= 0.3 is 7.12 Å². The van der Waals surface area contributed by atoms with Gasteiger partial charge in [-0.2, -0.15) is 20.7 Å². The molecule has 730 valence electrons. The maximum absolute atomic E-state index is 14.3. The van der Waals surface area contributed by atoms with Crippen LogP contribution in [0.2, 0.25) is 20.5 Å².